The minimum Gasteiger partial charge on any atom is -0.487 e. The Hall–Kier alpha value is -0.910. The Kier molecular flexibility index (Phi) is 5.31. The Morgan fingerprint density at radius 3 is 2.56 bits per heavy atom. The summed E-state index contributed by atoms with van der Waals surface area (Å²) in [7, 11) is 0. The van der Waals surface area contributed by atoms with Gasteiger partial charge in [0, 0.05) is 5.54 Å². The fraction of sp³-hybridized carbons (Fsp3) is 0.273. The summed E-state index contributed by atoms with van der Waals surface area (Å²) >= 11 is 10.8. The molecule has 100 valence electrons. The van der Waals surface area contributed by atoms with E-state index >= 15 is 0 Å². The van der Waals surface area contributed by atoms with Crippen molar-refractivity contribution in [2.45, 2.75) is 12.8 Å². The normalized spacial score (nSPS) is 12.7. The quantitative estimate of drug-likeness (QED) is 0.914. The fourth-order valence-electron chi connectivity index (χ4n) is 1.20. The average molecular weight is 301 g/mol. The van der Waals surface area contributed by atoms with Crippen molar-refractivity contribution < 1.29 is 23.0 Å². The predicted molar refractivity (Wildman–Crippen MR) is 62.7 cm³/mol. The van der Waals surface area contributed by atoms with Crippen LogP contribution < -0.4 is 4.74 Å². The molecule has 1 N–H and O–H groups in total. The Morgan fingerprint density at radius 2 is 2.06 bits per heavy atom. The molecular formula is C11H9Cl2F3O2. The minimum absolute atomic E-state index is 0.0797. The summed E-state index contributed by atoms with van der Waals surface area (Å²) in [4.78, 5) is 0. The fourth-order valence-corrected chi connectivity index (χ4v) is 1.32. The largest absolute Gasteiger partial charge is 0.487 e. The summed E-state index contributed by atoms with van der Waals surface area (Å²) in [5, 5.41) is 8.90. The van der Waals surface area contributed by atoms with Gasteiger partial charge in [-0.15, -0.1) is 0 Å². The number of hydrogen-bond acceptors (Lipinski definition) is 2. The van der Waals surface area contributed by atoms with Crippen molar-refractivity contribution in [3.05, 3.63) is 39.9 Å². The molecule has 0 spiro atoms. The van der Waals surface area contributed by atoms with Gasteiger partial charge in [0.15, 0.2) is 0 Å². The summed E-state index contributed by atoms with van der Waals surface area (Å²) in [6.07, 6.45) is -4.57. The highest BCUT2D eigenvalue weighted by Gasteiger charge is 2.34. The lowest BCUT2D eigenvalue weighted by atomic mass is 10.1. The van der Waals surface area contributed by atoms with Crippen molar-refractivity contribution in [1.29, 1.82) is 0 Å². The van der Waals surface area contributed by atoms with Crippen LogP contribution in [-0.2, 0) is 12.8 Å². The first-order valence-corrected chi connectivity index (χ1v) is 5.58. The number of aliphatic hydroxyl groups excluding tert-OH is 1. The van der Waals surface area contributed by atoms with E-state index in [9.17, 15) is 13.2 Å². The van der Waals surface area contributed by atoms with Crippen molar-refractivity contribution in [3.63, 3.8) is 0 Å². The first-order valence-electron chi connectivity index (χ1n) is 4.77. The second-order valence-corrected chi connectivity index (χ2v) is 4.03. The molecule has 0 saturated heterocycles. The SMILES string of the molecule is OCc1ccc(OCC(Cl)=CCl)c(C(F)(F)F)c1. The van der Waals surface area contributed by atoms with Crippen LogP contribution in [-0.4, -0.2) is 11.7 Å². The van der Waals surface area contributed by atoms with E-state index in [0.717, 1.165) is 17.7 Å². The number of ether oxygens (including phenoxy) is 1. The van der Waals surface area contributed by atoms with Crippen molar-refractivity contribution in [1.82, 2.24) is 0 Å². The van der Waals surface area contributed by atoms with Gasteiger partial charge in [-0.1, -0.05) is 29.3 Å². The van der Waals surface area contributed by atoms with E-state index in [1.165, 1.54) is 6.07 Å². The van der Waals surface area contributed by atoms with Crippen LogP contribution in [0.4, 0.5) is 13.2 Å². The second-order valence-electron chi connectivity index (χ2n) is 3.33. The molecule has 7 heteroatoms. The van der Waals surface area contributed by atoms with Crippen molar-refractivity contribution in [2.24, 2.45) is 0 Å². The maximum absolute atomic E-state index is 12.7. The van der Waals surface area contributed by atoms with Gasteiger partial charge in [0.1, 0.15) is 12.4 Å². The third kappa shape index (κ3) is 4.08. The maximum atomic E-state index is 12.7. The third-order valence-corrected chi connectivity index (χ3v) is 2.61. The molecule has 1 aromatic rings. The Labute approximate surface area is 112 Å². The summed E-state index contributed by atoms with van der Waals surface area (Å²) in [5.74, 6) is -0.364. The van der Waals surface area contributed by atoms with Gasteiger partial charge < -0.3 is 9.84 Å². The molecule has 1 rings (SSSR count). The first-order chi connectivity index (χ1) is 8.38. The van der Waals surface area contributed by atoms with Gasteiger partial charge >= 0.3 is 6.18 Å². The summed E-state index contributed by atoms with van der Waals surface area (Å²) < 4.78 is 43.1. The monoisotopic (exact) mass is 300 g/mol. The Balaban J connectivity index is 3.03. The number of halogens is 5. The molecular weight excluding hydrogens is 292 g/mol. The van der Waals surface area contributed by atoms with E-state index in [4.69, 9.17) is 33.0 Å². The van der Waals surface area contributed by atoms with Gasteiger partial charge in [0.2, 0.25) is 0 Å². The molecule has 0 atom stereocenters. The molecule has 2 nitrogen and oxygen atoms in total. The smallest absolute Gasteiger partial charge is 0.419 e. The lowest BCUT2D eigenvalue weighted by molar-refractivity contribution is -0.138. The minimum atomic E-state index is -4.57. The standard InChI is InChI=1S/C11H9Cl2F3O2/c12-4-8(13)6-18-10-2-1-7(5-17)3-9(10)11(14,15)16/h1-4,17H,5-6H2. The van der Waals surface area contributed by atoms with Gasteiger partial charge in [-0.25, -0.2) is 0 Å². The zero-order valence-corrected chi connectivity index (χ0v) is 10.5. The van der Waals surface area contributed by atoms with E-state index in [1.54, 1.807) is 0 Å². The van der Waals surface area contributed by atoms with Crippen LogP contribution in [0.15, 0.2) is 28.8 Å². The molecule has 0 aliphatic heterocycles. The van der Waals surface area contributed by atoms with Crippen LogP contribution in [0, 0.1) is 0 Å². The molecule has 0 fully saturated rings. The average Bonchev–Trinajstić information content (AvgIpc) is 2.34. The highest BCUT2D eigenvalue weighted by Crippen LogP contribution is 2.37. The van der Waals surface area contributed by atoms with Crippen molar-refractivity contribution in [2.75, 3.05) is 6.61 Å². The first kappa shape index (κ1) is 15.1. The molecule has 0 aliphatic carbocycles. The molecule has 0 saturated carbocycles. The van der Waals surface area contributed by atoms with Gasteiger partial charge in [0.25, 0.3) is 0 Å². The lowest BCUT2D eigenvalue weighted by Gasteiger charge is -2.14. The third-order valence-electron chi connectivity index (χ3n) is 2.02. The van der Waals surface area contributed by atoms with E-state index in [-0.39, 0.29) is 23.0 Å². The molecule has 0 amide bonds. The van der Waals surface area contributed by atoms with Crippen LogP contribution in [0.2, 0.25) is 0 Å². The lowest BCUT2D eigenvalue weighted by Crippen LogP contribution is -2.10. The van der Waals surface area contributed by atoms with Crippen LogP contribution >= 0.6 is 23.2 Å². The zero-order chi connectivity index (χ0) is 13.8. The number of hydrogen-bond donors (Lipinski definition) is 1. The van der Waals surface area contributed by atoms with E-state index in [2.05, 4.69) is 0 Å². The van der Waals surface area contributed by atoms with E-state index in [0.29, 0.717) is 0 Å². The number of aliphatic hydroxyl groups is 1. The topological polar surface area (TPSA) is 29.5 Å². The highest BCUT2D eigenvalue weighted by molar-refractivity contribution is 6.36. The summed E-state index contributed by atoms with van der Waals surface area (Å²) in [6.45, 7) is -0.738. The Bertz CT molecular complexity index is 444. The van der Waals surface area contributed by atoms with E-state index in [1.807, 2.05) is 0 Å². The number of alkyl halides is 3. The van der Waals surface area contributed by atoms with Gasteiger partial charge in [0.05, 0.1) is 17.2 Å². The molecule has 0 aromatic heterocycles. The molecule has 0 heterocycles. The van der Waals surface area contributed by atoms with Crippen LogP contribution in [0.1, 0.15) is 11.1 Å². The molecule has 0 radical (unpaired) electrons. The van der Waals surface area contributed by atoms with Gasteiger partial charge in [-0.2, -0.15) is 13.2 Å². The predicted octanol–water partition coefficient (Wildman–Crippen LogP) is 3.90. The zero-order valence-electron chi connectivity index (χ0n) is 8.97. The molecule has 0 unspecified atom stereocenters. The van der Waals surface area contributed by atoms with Crippen molar-refractivity contribution in [3.8, 4) is 5.75 Å². The molecule has 1 aromatic carbocycles. The molecule has 18 heavy (non-hydrogen) atoms. The van der Waals surface area contributed by atoms with Crippen LogP contribution in [0.25, 0.3) is 0 Å². The number of rotatable bonds is 4. The maximum Gasteiger partial charge on any atom is 0.419 e. The van der Waals surface area contributed by atoms with Crippen molar-refractivity contribution >= 4 is 23.2 Å². The second kappa shape index (κ2) is 6.31. The molecule has 0 aliphatic rings. The highest BCUT2D eigenvalue weighted by atomic mass is 35.5. The Morgan fingerprint density at radius 1 is 1.39 bits per heavy atom. The number of benzene rings is 1. The summed E-state index contributed by atoms with van der Waals surface area (Å²) in [6, 6.07) is 3.29. The van der Waals surface area contributed by atoms with Gasteiger partial charge in [-0.05, 0) is 17.7 Å². The summed E-state index contributed by atoms with van der Waals surface area (Å²) in [5.41, 5.74) is 0.193. The van der Waals surface area contributed by atoms with Crippen LogP contribution in [0.5, 0.6) is 5.75 Å². The molecule has 0 bridgehead atoms. The van der Waals surface area contributed by atoms with E-state index < -0.39 is 18.3 Å². The van der Waals surface area contributed by atoms with Gasteiger partial charge in [-0.3, -0.25) is 0 Å². The van der Waals surface area contributed by atoms with Crippen LogP contribution in [0.3, 0.4) is 0 Å².